The maximum Gasteiger partial charge on any atom is 0.0468 e. The molecule has 1 nitrogen and oxygen atoms in total. The van der Waals surface area contributed by atoms with E-state index in [4.69, 9.17) is 4.74 Å². The Morgan fingerprint density at radius 2 is 1.53 bits per heavy atom. The Morgan fingerprint density at radius 3 is 2.20 bits per heavy atom. The van der Waals surface area contributed by atoms with Gasteiger partial charge in [0.05, 0.1) is 0 Å². The summed E-state index contributed by atoms with van der Waals surface area (Å²) < 4.78 is 5.61. The van der Waals surface area contributed by atoms with Crippen LogP contribution in [0.2, 0.25) is 0 Å². The maximum absolute atomic E-state index is 5.61. The minimum Gasteiger partial charge on any atom is -0.381 e. The summed E-state index contributed by atoms with van der Waals surface area (Å²) in [7, 11) is 0. The number of rotatable bonds is 0. The summed E-state index contributed by atoms with van der Waals surface area (Å²) in [5.74, 6) is 2.88. The zero-order valence-electron chi connectivity index (χ0n) is 10.6. The molecular weight excluding hydrogens is 184 g/mol. The quantitative estimate of drug-likeness (QED) is 0.589. The molecule has 0 aromatic rings. The fourth-order valence-electron chi connectivity index (χ4n) is 3.42. The van der Waals surface area contributed by atoms with Gasteiger partial charge in [-0.05, 0) is 55.3 Å². The number of ether oxygens (including phenoxy) is 1. The van der Waals surface area contributed by atoms with Crippen LogP contribution in [0.3, 0.4) is 0 Å². The summed E-state index contributed by atoms with van der Waals surface area (Å²) >= 11 is 0. The maximum atomic E-state index is 5.61. The molecule has 1 saturated carbocycles. The molecule has 0 aromatic heterocycles. The third kappa shape index (κ3) is 2.75. The van der Waals surface area contributed by atoms with Crippen molar-refractivity contribution in [2.45, 2.75) is 52.9 Å². The summed E-state index contributed by atoms with van der Waals surface area (Å²) in [4.78, 5) is 0. The van der Waals surface area contributed by atoms with Gasteiger partial charge in [0.25, 0.3) is 0 Å². The SMILES string of the molecule is CC(C)(C)C1CCC2CCOCCC2C1. The predicted octanol–water partition coefficient (Wildman–Crippen LogP) is 3.88. The van der Waals surface area contributed by atoms with Gasteiger partial charge in [0.1, 0.15) is 0 Å². The molecule has 0 spiro atoms. The fourth-order valence-corrected chi connectivity index (χ4v) is 3.42. The summed E-state index contributed by atoms with van der Waals surface area (Å²) in [6.45, 7) is 9.25. The van der Waals surface area contributed by atoms with E-state index in [1.807, 2.05) is 0 Å². The number of fused-ring (bicyclic) bond motifs is 1. The smallest absolute Gasteiger partial charge is 0.0468 e. The van der Waals surface area contributed by atoms with Crippen LogP contribution in [0.4, 0.5) is 0 Å². The van der Waals surface area contributed by atoms with Crippen molar-refractivity contribution in [2.24, 2.45) is 23.2 Å². The van der Waals surface area contributed by atoms with Crippen molar-refractivity contribution in [1.82, 2.24) is 0 Å². The lowest BCUT2D eigenvalue weighted by molar-refractivity contribution is 0.0959. The highest BCUT2D eigenvalue weighted by molar-refractivity contribution is 4.86. The Bertz CT molecular complexity index is 204. The van der Waals surface area contributed by atoms with Crippen LogP contribution in [-0.2, 0) is 4.74 Å². The summed E-state index contributed by atoms with van der Waals surface area (Å²) in [6, 6.07) is 0. The van der Waals surface area contributed by atoms with Gasteiger partial charge in [-0.25, -0.2) is 0 Å². The standard InChI is InChI=1S/C14H26O/c1-14(2,3)13-5-4-11-6-8-15-9-7-12(11)10-13/h11-13H,4-10H2,1-3H3. The minimum atomic E-state index is 0.512. The van der Waals surface area contributed by atoms with Crippen molar-refractivity contribution < 1.29 is 4.74 Å². The van der Waals surface area contributed by atoms with E-state index in [0.717, 1.165) is 31.0 Å². The third-order valence-corrected chi connectivity index (χ3v) is 4.63. The molecule has 1 aliphatic heterocycles. The van der Waals surface area contributed by atoms with E-state index in [0.29, 0.717) is 5.41 Å². The lowest BCUT2D eigenvalue weighted by atomic mass is 9.64. The lowest BCUT2D eigenvalue weighted by Gasteiger charge is -2.41. The molecule has 1 heterocycles. The summed E-state index contributed by atoms with van der Waals surface area (Å²) in [5, 5.41) is 0. The van der Waals surface area contributed by atoms with Gasteiger partial charge in [0, 0.05) is 13.2 Å². The molecule has 3 unspecified atom stereocenters. The Hall–Kier alpha value is -0.0400. The molecule has 2 fully saturated rings. The average molecular weight is 210 g/mol. The molecule has 1 aliphatic carbocycles. The topological polar surface area (TPSA) is 9.23 Å². The van der Waals surface area contributed by atoms with Crippen molar-refractivity contribution in [3.63, 3.8) is 0 Å². The van der Waals surface area contributed by atoms with Crippen molar-refractivity contribution in [2.75, 3.05) is 13.2 Å². The van der Waals surface area contributed by atoms with Crippen LogP contribution < -0.4 is 0 Å². The van der Waals surface area contributed by atoms with E-state index in [2.05, 4.69) is 20.8 Å². The molecule has 0 radical (unpaired) electrons. The first-order valence-corrected chi connectivity index (χ1v) is 6.65. The van der Waals surface area contributed by atoms with E-state index in [1.54, 1.807) is 0 Å². The highest BCUT2D eigenvalue weighted by Gasteiger charge is 2.36. The largest absolute Gasteiger partial charge is 0.381 e. The zero-order valence-corrected chi connectivity index (χ0v) is 10.6. The molecule has 0 amide bonds. The first-order chi connectivity index (χ1) is 7.07. The molecule has 15 heavy (non-hydrogen) atoms. The van der Waals surface area contributed by atoms with E-state index in [-0.39, 0.29) is 0 Å². The van der Waals surface area contributed by atoms with Gasteiger partial charge in [-0.15, -0.1) is 0 Å². The second-order valence-corrected chi connectivity index (χ2v) is 6.59. The monoisotopic (exact) mass is 210 g/mol. The average Bonchev–Trinajstić information content (AvgIpc) is 2.39. The van der Waals surface area contributed by atoms with E-state index < -0.39 is 0 Å². The van der Waals surface area contributed by atoms with Gasteiger partial charge in [0.2, 0.25) is 0 Å². The van der Waals surface area contributed by atoms with Crippen LogP contribution in [-0.4, -0.2) is 13.2 Å². The van der Waals surface area contributed by atoms with Gasteiger partial charge >= 0.3 is 0 Å². The molecular formula is C14H26O. The van der Waals surface area contributed by atoms with E-state index in [9.17, 15) is 0 Å². The molecule has 88 valence electrons. The Kier molecular flexibility index (Phi) is 3.39. The molecule has 1 saturated heterocycles. The van der Waals surface area contributed by atoms with Crippen LogP contribution >= 0.6 is 0 Å². The fraction of sp³-hybridized carbons (Fsp3) is 1.00. The minimum absolute atomic E-state index is 0.512. The highest BCUT2D eigenvalue weighted by atomic mass is 16.5. The summed E-state index contributed by atoms with van der Waals surface area (Å²) in [6.07, 6.45) is 7.00. The molecule has 2 aliphatic rings. The molecule has 0 bridgehead atoms. The van der Waals surface area contributed by atoms with Crippen LogP contribution in [0.1, 0.15) is 52.9 Å². The Balaban J connectivity index is 1.97. The Morgan fingerprint density at radius 1 is 0.867 bits per heavy atom. The second-order valence-electron chi connectivity index (χ2n) is 6.59. The number of hydrogen-bond donors (Lipinski definition) is 0. The van der Waals surface area contributed by atoms with Crippen LogP contribution in [0.25, 0.3) is 0 Å². The normalized spacial score (nSPS) is 38.2. The molecule has 1 heteroatoms. The van der Waals surface area contributed by atoms with Crippen molar-refractivity contribution in [3.8, 4) is 0 Å². The Labute approximate surface area is 94.6 Å². The van der Waals surface area contributed by atoms with Gasteiger partial charge in [-0.3, -0.25) is 0 Å². The second kappa shape index (κ2) is 4.45. The van der Waals surface area contributed by atoms with Crippen molar-refractivity contribution in [1.29, 1.82) is 0 Å². The van der Waals surface area contributed by atoms with E-state index >= 15 is 0 Å². The lowest BCUT2D eigenvalue weighted by Crippen LogP contribution is -2.31. The highest BCUT2D eigenvalue weighted by Crippen LogP contribution is 2.45. The first kappa shape index (κ1) is 11.4. The van der Waals surface area contributed by atoms with E-state index in [1.165, 1.54) is 32.1 Å². The van der Waals surface area contributed by atoms with Crippen LogP contribution in [0, 0.1) is 23.2 Å². The number of hydrogen-bond acceptors (Lipinski definition) is 1. The molecule has 2 rings (SSSR count). The summed E-state index contributed by atoms with van der Waals surface area (Å²) in [5.41, 5.74) is 0.512. The predicted molar refractivity (Wildman–Crippen MR) is 63.8 cm³/mol. The van der Waals surface area contributed by atoms with Crippen LogP contribution in [0.5, 0.6) is 0 Å². The van der Waals surface area contributed by atoms with Crippen molar-refractivity contribution in [3.05, 3.63) is 0 Å². The van der Waals surface area contributed by atoms with Crippen molar-refractivity contribution >= 4 is 0 Å². The zero-order chi connectivity index (χ0) is 10.9. The molecule has 0 N–H and O–H groups in total. The third-order valence-electron chi connectivity index (χ3n) is 4.63. The van der Waals surface area contributed by atoms with Gasteiger partial charge in [-0.1, -0.05) is 20.8 Å². The molecule has 3 atom stereocenters. The van der Waals surface area contributed by atoms with Crippen LogP contribution in [0.15, 0.2) is 0 Å². The van der Waals surface area contributed by atoms with Gasteiger partial charge in [-0.2, -0.15) is 0 Å². The first-order valence-electron chi connectivity index (χ1n) is 6.65. The van der Waals surface area contributed by atoms with Gasteiger partial charge in [0.15, 0.2) is 0 Å². The van der Waals surface area contributed by atoms with Gasteiger partial charge < -0.3 is 4.74 Å². The molecule has 0 aromatic carbocycles.